The van der Waals surface area contributed by atoms with E-state index in [-0.39, 0.29) is 0 Å². The van der Waals surface area contributed by atoms with Gasteiger partial charge in [-0.2, -0.15) is 0 Å². The van der Waals surface area contributed by atoms with E-state index in [1.807, 2.05) is 0 Å². The summed E-state index contributed by atoms with van der Waals surface area (Å²) in [5, 5.41) is 0. The summed E-state index contributed by atoms with van der Waals surface area (Å²) in [4.78, 5) is 4.87. The van der Waals surface area contributed by atoms with Crippen LogP contribution in [0.5, 0.6) is 0 Å². The van der Waals surface area contributed by atoms with Gasteiger partial charge in [0.25, 0.3) is 0 Å². The summed E-state index contributed by atoms with van der Waals surface area (Å²) in [6, 6.07) is 8.45. The summed E-state index contributed by atoms with van der Waals surface area (Å²) in [6.07, 6.45) is 4.86. The normalized spacial score (nSPS) is 14.7. The molecular weight excluding hydrogens is 246 g/mol. The zero-order chi connectivity index (χ0) is 14.1. The van der Waals surface area contributed by atoms with Gasteiger partial charge in [0, 0.05) is 18.0 Å². The number of unbranched alkanes of at least 4 members (excludes halogenated alkanes) is 1. The van der Waals surface area contributed by atoms with Crippen LogP contribution in [0.2, 0.25) is 0 Å². The average Bonchev–Trinajstić information content (AvgIpc) is 3.22. The molecule has 1 aromatic carbocycles. The highest BCUT2D eigenvalue weighted by atomic mass is 15.1. The smallest absolute Gasteiger partial charge is 0.131 e. The molecule has 1 saturated carbocycles. The van der Waals surface area contributed by atoms with Gasteiger partial charge in [-0.3, -0.25) is 0 Å². The van der Waals surface area contributed by atoms with Gasteiger partial charge < -0.3 is 10.3 Å². The van der Waals surface area contributed by atoms with Crippen LogP contribution in [0.15, 0.2) is 24.3 Å². The van der Waals surface area contributed by atoms with Gasteiger partial charge in [-0.25, -0.2) is 4.98 Å². The van der Waals surface area contributed by atoms with E-state index in [0.29, 0.717) is 5.92 Å². The van der Waals surface area contributed by atoms with E-state index in [9.17, 15) is 0 Å². The second-order valence-corrected chi connectivity index (χ2v) is 5.85. The van der Waals surface area contributed by atoms with Crippen LogP contribution in [-0.4, -0.2) is 9.55 Å². The molecule has 1 aliphatic carbocycles. The lowest BCUT2D eigenvalue weighted by atomic mass is 10.1. The Hall–Kier alpha value is -1.77. The molecule has 0 bridgehead atoms. The maximum atomic E-state index is 6.39. The number of nitrogens with zero attached hydrogens (tertiary/aromatic N) is 2. The Morgan fingerprint density at radius 1 is 1.35 bits per heavy atom. The lowest BCUT2D eigenvalue weighted by Gasteiger charge is -2.08. The van der Waals surface area contributed by atoms with Gasteiger partial charge in [-0.15, -0.1) is 0 Å². The first kappa shape index (κ1) is 13.2. The molecule has 1 fully saturated rings. The molecular formula is C17H23N3. The van der Waals surface area contributed by atoms with Crippen LogP contribution in [0, 0.1) is 6.92 Å². The monoisotopic (exact) mass is 269 g/mol. The van der Waals surface area contributed by atoms with E-state index in [1.54, 1.807) is 0 Å². The van der Waals surface area contributed by atoms with Crippen molar-refractivity contribution in [3.63, 3.8) is 0 Å². The van der Waals surface area contributed by atoms with Crippen molar-refractivity contribution in [3.8, 4) is 11.3 Å². The lowest BCUT2D eigenvalue weighted by Crippen LogP contribution is -2.06. The first-order valence-corrected chi connectivity index (χ1v) is 7.63. The third-order valence-electron chi connectivity index (χ3n) is 4.01. The lowest BCUT2D eigenvalue weighted by molar-refractivity contribution is 0.609. The maximum absolute atomic E-state index is 6.39. The van der Waals surface area contributed by atoms with Crippen LogP contribution in [0.1, 0.15) is 49.9 Å². The predicted molar refractivity (Wildman–Crippen MR) is 83.7 cm³/mol. The SMILES string of the molecule is CCCCn1c(C2CC2)nc(-c2cccc(C)c2)c1N. The van der Waals surface area contributed by atoms with Crippen LogP contribution in [0.3, 0.4) is 0 Å². The number of nitrogen functional groups attached to an aromatic ring is 1. The van der Waals surface area contributed by atoms with E-state index in [0.717, 1.165) is 30.0 Å². The fourth-order valence-corrected chi connectivity index (χ4v) is 2.69. The van der Waals surface area contributed by atoms with Gasteiger partial charge in [0.05, 0.1) is 0 Å². The Balaban J connectivity index is 2.03. The zero-order valence-electron chi connectivity index (χ0n) is 12.4. The van der Waals surface area contributed by atoms with Crippen molar-refractivity contribution in [1.82, 2.24) is 9.55 Å². The van der Waals surface area contributed by atoms with Gasteiger partial charge >= 0.3 is 0 Å². The number of anilines is 1. The summed E-state index contributed by atoms with van der Waals surface area (Å²) in [6.45, 7) is 5.31. The highest BCUT2D eigenvalue weighted by molar-refractivity contribution is 5.71. The van der Waals surface area contributed by atoms with Crippen LogP contribution in [0.4, 0.5) is 5.82 Å². The second-order valence-electron chi connectivity index (χ2n) is 5.85. The molecule has 0 saturated heterocycles. The van der Waals surface area contributed by atoms with Gasteiger partial charge in [0.2, 0.25) is 0 Å². The number of benzene rings is 1. The largest absolute Gasteiger partial charge is 0.383 e. The van der Waals surface area contributed by atoms with E-state index in [4.69, 9.17) is 10.7 Å². The third kappa shape index (κ3) is 2.45. The molecule has 1 aromatic heterocycles. The van der Waals surface area contributed by atoms with Crippen molar-refractivity contribution >= 4 is 5.82 Å². The standard InChI is InChI=1S/C17H23N3/c1-3-4-10-20-16(18)15(19-17(20)13-8-9-13)14-7-5-6-12(2)11-14/h5-7,11,13H,3-4,8-10,18H2,1-2H3. The van der Waals surface area contributed by atoms with E-state index in [2.05, 4.69) is 42.7 Å². The Kier molecular flexibility index (Phi) is 3.51. The quantitative estimate of drug-likeness (QED) is 0.887. The Morgan fingerprint density at radius 2 is 2.15 bits per heavy atom. The molecule has 1 heterocycles. The predicted octanol–water partition coefficient (Wildman–Crippen LogP) is 4.12. The van der Waals surface area contributed by atoms with Gasteiger partial charge in [0.15, 0.2) is 0 Å². The van der Waals surface area contributed by atoms with Crippen LogP contribution >= 0.6 is 0 Å². The number of aromatic nitrogens is 2. The Morgan fingerprint density at radius 3 is 2.80 bits per heavy atom. The average molecular weight is 269 g/mol. The number of aryl methyl sites for hydroxylation is 1. The highest BCUT2D eigenvalue weighted by Crippen LogP contribution is 2.42. The minimum Gasteiger partial charge on any atom is -0.383 e. The van der Waals surface area contributed by atoms with Crippen molar-refractivity contribution < 1.29 is 0 Å². The van der Waals surface area contributed by atoms with Crippen molar-refractivity contribution in [3.05, 3.63) is 35.7 Å². The molecule has 2 N–H and O–H groups in total. The van der Waals surface area contributed by atoms with Crippen molar-refractivity contribution in [2.75, 3.05) is 5.73 Å². The van der Waals surface area contributed by atoms with Crippen LogP contribution in [0.25, 0.3) is 11.3 Å². The first-order valence-electron chi connectivity index (χ1n) is 7.63. The zero-order valence-corrected chi connectivity index (χ0v) is 12.4. The number of hydrogen-bond donors (Lipinski definition) is 1. The van der Waals surface area contributed by atoms with Gasteiger partial charge in [-0.05, 0) is 32.3 Å². The molecule has 0 aliphatic heterocycles. The fourth-order valence-electron chi connectivity index (χ4n) is 2.69. The van der Waals surface area contributed by atoms with Crippen molar-refractivity contribution in [1.29, 1.82) is 0 Å². The number of rotatable bonds is 5. The summed E-state index contributed by atoms with van der Waals surface area (Å²) in [5.74, 6) is 2.67. The molecule has 3 nitrogen and oxygen atoms in total. The van der Waals surface area contributed by atoms with Crippen molar-refractivity contribution in [2.45, 2.75) is 52.0 Å². The molecule has 2 aromatic rings. The van der Waals surface area contributed by atoms with E-state index < -0.39 is 0 Å². The Labute approximate surface area is 120 Å². The third-order valence-corrected chi connectivity index (χ3v) is 4.01. The van der Waals surface area contributed by atoms with Crippen LogP contribution < -0.4 is 5.73 Å². The fraction of sp³-hybridized carbons (Fsp3) is 0.471. The van der Waals surface area contributed by atoms with Gasteiger partial charge in [0.1, 0.15) is 17.3 Å². The summed E-state index contributed by atoms with van der Waals surface area (Å²) in [7, 11) is 0. The first-order chi connectivity index (χ1) is 9.70. The summed E-state index contributed by atoms with van der Waals surface area (Å²) >= 11 is 0. The number of nitrogens with two attached hydrogens (primary N) is 1. The number of hydrogen-bond acceptors (Lipinski definition) is 2. The van der Waals surface area contributed by atoms with E-state index in [1.165, 1.54) is 30.7 Å². The molecule has 0 atom stereocenters. The topological polar surface area (TPSA) is 43.8 Å². The summed E-state index contributed by atoms with van der Waals surface area (Å²) < 4.78 is 2.25. The van der Waals surface area contributed by atoms with E-state index >= 15 is 0 Å². The maximum Gasteiger partial charge on any atom is 0.131 e. The molecule has 0 spiro atoms. The molecule has 3 heteroatoms. The second kappa shape index (κ2) is 5.31. The highest BCUT2D eigenvalue weighted by Gasteiger charge is 2.30. The molecule has 1 aliphatic rings. The molecule has 0 amide bonds. The molecule has 0 radical (unpaired) electrons. The molecule has 0 unspecified atom stereocenters. The van der Waals surface area contributed by atoms with Crippen molar-refractivity contribution in [2.24, 2.45) is 0 Å². The number of imidazole rings is 1. The summed E-state index contributed by atoms with van der Waals surface area (Å²) in [5.41, 5.74) is 9.74. The van der Waals surface area contributed by atoms with Gasteiger partial charge in [-0.1, -0.05) is 37.1 Å². The minimum atomic E-state index is 0.632. The van der Waals surface area contributed by atoms with Crippen LogP contribution in [-0.2, 0) is 6.54 Å². The molecule has 3 rings (SSSR count). The molecule has 106 valence electrons. The Bertz CT molecular complexity index is 609. The molecule has 20 heavy (non-hydrogen) atoms. The minimum absolute atomic E-state index is 0.632.